The molecule has 2 aliphatic heterocycles. The molecular weight excluding hydrogens is 232 g/mol. The third kappa shape index (κ3) is 2.22. The summed E-state index contributed by atoms with van der Waals surface area (Å²) in [5.41, 5.74) is 0.492. The van der Waals surface area contributed by atoms with Crippen LogP contribution >= 0.6 is 0 Å². The highest BCUT2D eigenvalue weighted by molar-refractivity contribution is 5.33. The SMILES string of the molecule is COCCc1noc(N2CC3(CCNCC3)C2)n1. The number of anilines is 1. The molecular formula is C12H20N4O2. The van der Waals surface area contributed by atoms with Gasteiger partial charge in [-0.1, -0.05) is 5.16 Å². The molecule has 1 N–H and O–H groups in total. The largest absolute Gasteiger partial charge is 0.384 e. The van der Waals surface area contributed by atoms with Crippen LogP contribution in [-0.4, -0.2) is 50.0 Å². The first-order valence-corrected chi connectivity index (χ1v) is 6.59. The van der Waals surface area contributed by atoms with Crippen LogP contribution in [0.5, 0.6) is 0 Å². The molecule has 0 aliphatic carbocycles. The average Bonchev–Trinajstić information content (AvgIpc) is 2.83. The molecule has 6 nitrogen and oxygen atoms in total. The van der Waals surface area contributed by atoms with Crippen molar-refractivity contribution >= 4 is 6.01 Å². The Hall–Kier alpha value is -1.14. The molecule has 1 aromatic rings. The third-order valence-electron chi connectivity index (χ3n) is 3.97. The Morgan fingerprint density at radius 1 is 1.39 bits per heavy atom. The van der Waals surface area contributed by atoms with Gasteiger partial charge in [0.15, 0.2) is 5.82 Å². The van der Waals surface area contributed by atoms with Crippen LogP contribution in [-0.2, 0) is 11.2 Å². The monoisotopic (exact) mass is 252 g/mol. The molecule has 0 amide bonds. The number of hydrogen-bond donors (Lipinski definition) is 1. The molecule has 2 saturated heterocycles. The highest BCUT2D eigenvalue weighted by atomic mass is 16.5. The number of nitrogens with one attached hydrogen (secondary N) is 1. The van der Waals surface area contributed by atoms with Crippen LogP contribution in [0, 0.1) is 5.41 Å². The Kier molecular flexibility index (Phi) is 3.22. The van der Waals surface area contributed by atoms with Gasteiger partial charge < -0.3 is 19.5 Å². The number of rotatable bonds is 4. The van der Waals surface area contributed by atoms with Crippen molar-refractivity contribution in [1.29, 1.82) is 0 Å². The van der Waals surface area contributed by atoms with E-state index in [1.54, 1.807) is 7.11 Å². The molecule has 0 atom stereocenters. The smallest absolute Gasteiger partial charge is 0.324 e. The van der Waals surface area contributed by atoms with E-state index in [4.69, 9.17) is 9.26 Å². The van der Waals surface area contributed by atoms with Crippen LogP contribution in [0.4, 0.5) is 6.01 Å². The average molecular weight is 252 g/mol. The molecule has 0 bridgehead atoms. The van der Waals surface area contributed by atoms with Crippen LogP contribution in [0.15, 0.2) is 4.52 Å². The summed E-state index contributed by atoms with van der Waals surface area (Å²) in [4.78, 5) is 6.59. The zero-order valence-electron chi connectivity index (χ0n) is 10.8. The minimum atomic E-state index is 0.492. The fourth-order valence-corrected chi connectivity index (χ4v) is 2.84. The summed E-state index contributed by atoms with van der Waals surface area (Å²) in [5, 5.41) is 7.38. The highest BCUT2D eigenvalue weighted by Crippen LogP contribution is 2.40. The lowest BCUT2D eigenvalue weighted by Gasteiger charge is -2.51. The van der Waals surface area contributed by atoms with Gasteiger partial charge in [0.2, 0.25) is 0 Å². The molecule has 2 aliphatic rings. The lowest BCUT2D eigenvalue weighted by atomic mass is 9.73. The van der Waals surface area contributed by atoms with Crippen LogP contribution in [0.25, 0.3) is 0 Å². The van der Waals surface area contributed by atoms with Crippen LogP contribution in [0.2, 0.25) is 0 Å². The Bertz CT molecular complexity index is 393. The van der Waals surface area contributed by atoms with Gasteiger partial charge in [0, 0.05) is 32.0 Å². The van der Waals surface area contributed by atoms with E-state index in [9.17, 15) is 0 Å². The van der Waals surface area contributed by atoms with E-state index < -0.39 is 0 Å². The number of ether oxygens (including phenoxy) is 1. The van der Waals surface area contributed by atoms with Crippen LogP contribution < -0.4 is 10.2 Å². The van der Waals surface area contributed by atoms with Gasteiger partial charge in [0.05, 0.1) is 6.61 Å². The first-order chi connectivity index (χ1) is 8.81. The molecule has 2 fully saturated rings. The lowest BCUT2D eigenvalue weighted by molar-refractivity contribution is 0.141. The maximum absolute atomic E-state index is 5.29. The van der Waals surface area contributed by atoms with Crippen LogP contribution in [0.3, 0.4) is 0 Å². The predicted molar refractivity (Wildman–Crippen MR) is 66.6 cm³/mol. The number of methoxy groups -OCH3 is 1. The Morgan fingerprint density at radius 2 is 2.17 bits per heavy atom. The summed E-state index contributed by atoms with van der Waals surface area (Å²) >= 11 is 0. The molecule has 100 valence electrons. The fraction of sp³-hybridized carbons (Fsp3) is 0.833. The standard InChI is InChI=1S/C12H20N4O2/c1-17-7-2-10-14-11(18-15-10)16-8-12(9-16)3-5-13-6-4-12/h13H,2-9H2,1H3. The summed E-state index contributed by atoms with van der Waals surface area (Å²) in [6.45, 7) is 5.02. The second kappa shape index (κ2) is 4.85. The van der Waals surface area contributed by atoms with Crippen molar-refractivity contribution in [3.63, 3.8) is 0 Å². The molecule has 0 aromatic carbocycles. The molecule has 3 rings (SSSR count). The van der Waals surface area contributed by atoms with E-state index in [1.807, 2.05) is 0 Å². The van der Waals surface area contributed by atoms with Crippen molar-refractivity contribution < 1.29 is 9.26 Å². The normalized spacial score (nSPS) is 22.2. The second-order valence-corrected chi connectivity index (χ2v) is 5.34. The van der Waals surface area contributed by atoms with E-state index in [0.29, 0.717) is 24.5 Å². The summed E-state index contributed by atoms with van der Waals surface area (Å²) in [6, 6.07) is 0.672. The minimum Gasteiger partial charge on any atom is -0.384 e. The molecule has 3 heterocycles. The van der Waals surface area contributed by atoms with Crippen molar-refractivity contribution in [2.75, 3.05) is 44.8 Å². The summed E-state index contributed by atoms with van der Waals surface area (Å²) in [7, 11) is 1.68. The topological polar surface area (TPSA) is 63.4 Å². The van der Waals surface area contributed by atoms with E-state index >= 15 is 0 Å². The zero-order chi connectivity index (χ0) is 12.4. The lowest BCUT2D eigenvalue weighted by Crippen LogP contribution is -2.60. The molecule has 18 heavy (non-hydrogen) atoms. The molecule has 6 heteroatoms. The molecule has 1 aromatic heterocycles. The number of nitrogens with zero attached hydrogens (tertiary/aromatic N) is 3. The molecule has 0 radical (unpaired) electrons. The van der Waals surface area contributed by atoms with Gasteiger partial charge in [0.25, 0.3) is 0 Å². The predicted octanol–water partition coefficient (Wildman–Crippen LogP) is 0.448. The van der Waals surface area contributed by atoms with Crippen molar-refractivity contribution in [3.05, 3.63) is 5.82 Å². The summed E-state index contributed by atoms with van der Waals surface area (Å²) in [6.07, 6.45) is 3.23. The highest BCUT2D eigenvalue weighted by Gasteiger charge is 2.45. The third-order valence-corrected chi connectivity index (χ3v) is 3.97. The van der Waals surface area contributed by atoms with Crippen molar-refractivity contribution in [2.45, 2.75) is 19.3 Å². The van der Waals surface area contributed by atoms with E-state index in [2.05, 4.69) is 20.4 Å². The Labute approximate surface area is 107 Å². The zero-order valence-corrected chi connectivity index (χ0v) is 10.8. The first kappa shape index (κ1) is 11.9. The van der Waals surface area contributed by atoms with Gasteiger partial charge in [-0.2, -0.15) is 4.98 Å². The van der Waals surface area contributed by atoms with Gasteiger partial charge >= 0.3 is 6.01 Å². The van der Waals surface area contributed by atoms with E-state index in [-0.39, 0.29) is 0 Å². The number of aromatic nitrogens is 2. The van der Waals surface area contributed by atoms with Gasteiger partial charge in [-0.05, 0) is 25.9 Å². The van der Waals surface area contributed by atoms with E-state index in [1.165, 1.54) is 12.8 Å². The molecule has 0 unspecified atom stereocenters. The van der Waals surface area contributed by atoms with Gasteiger partial charge in [0.1, 0.15) is 0 Å². The maximum Gasteiger partial charge on any atom is 0.324 e. The van der Waals surface area contributed by atoms with Gasteiger partial charge in [-0.25, -0.2) is 0 Å². The minimum absolute atomic E-state index is 0.492. The maximum atomic E-state index is 5.29. The first-order valence-electron chi connectivity index (χ1n) is 6.59. The van der Waals surface area contributed by atoms with Gasteiger partial charge in [-0.3, -0.25) is 0 Å². The Morgan fingerprint density at radius 3 is 2.89 bits per heavy atom. The molecule has 1 spiro atoms. The number of hydrogen-bond acceptors (Lipinski definition) is 6. The fourth-order valence-electron chi connectivity index (χ4n) is 2.84. The summed E-state index contributed by atoms with van der Waals surface area (Å²) in [5.74, 6) is 0.734. The quantitative estimate of drug-likeness (QED) is 0.839. The van der Waals surface area contributed by atoms with E-state index in [0.717, 1.165) is 32.0 Å². The molecule has 0 saturated carbocycles. The number of piperidine rings is 1. The van der Waals surface area contributed by atoms with Crippen LogP contribution in [0.1, 0.15) is 18.7 Å². The van der Waals surface area contributed by atoms with Crippen molar-refractivity contribution in [3.8, 4) is 0 Å². The summed E-state index contributed by atoms with van der Waals surface area (Å²) < 4.78 is 10.3. The van der Waals surface area contributed by atoms with Crippen molar-refractivity contribution in [1.82, 2.24) is 15.5 Å². The second-order valence-electron chi connectivity index (χ2n) is 5.34. The van der Waals surface area contributed by atoms with Gasteiger partial charge in [-0.15, -0.1) is 0 Å². The Balaban J connectivity index is 1.55. The van der Waals surface area contributed by atoms with Crippen molar-refractivity contribution in [2.24, 2.45) is 5.41 Å².